The van der Waals surface area contributed by atoms with E-state index in [2.05, 4.69) is 41.7 Å². The highest BCUT2D eigenvalue weighted by Crippen LogP contribution is 2.46. The van der Waals surface area contributed by atoms with Gasteiger partial charge in [0.1, 0.15) is 0 Å². The Hall–Kier alpha value is -0.180. The van der Waals surface area contributed by atoms with Crippen LogP contribution >= 0.6 is 31.9 Å². The van der Waals surface area contributed by atoms with Gasteiger partial charge in [-0.1, -0.05) is 44.7 Å². The second-order valence-electron chi connectivity index (χ2n) is 17.4. The lowest BCUT2D eigenvalue weighted by molar-refractivity contribution is -0.151. The summed E-state index contributed by atoms with van der Waals surface area (Å²) in [7, 11) is 0. The number of alkyl halides is 2. The van der Waals surface area contributed by atoms with Crippen molar-refractivity contribution in [3.8, 4) is 0 Å². The van der Waals surface area contributed by atoms with Crippen LogP contribution in [0, 0.1) is 23.7 Å². The summed E-state index contributed by atoms with van der Waals surface area (Å²) in [4.78, 5) is 33.0. The van der Waals surface area contributed by atoms with E-state index in [1.54, 1.807) is 0 Å². The summed E-state index contributed by atoms with van der Waals surface area (Å²) in [5.74, 6) is 2.05. The third-order valence-corrected chi connectivity index (χ3v) is 16.3. The summed E-state index contributed by atoms with van der Waals surface area (Å²) in [6, 6.07) is 3.82. The molecular weight excluding hydrogens is 756 g/mol. The maximum absolute atomic E-state index is 12.8. The molecule has 0 heterocycles. The fraction of sp³-hybridized carbons (Fsp3) is 0.952. The second-order valence-corrected chi connectivity index (χ2v) is 20.0. The molecule has 6 fully saturated rings. The van der Waals surface area contributed by atoms with Gasteiger partial charge < -0.3 is 9.47 Å². The van der Waals surface area contributed by atoms with E-state index in [9.17, 15) is 9.59 Å². The Morgan fingerprint density at radius 1 is 0.460 bits per heavy atom. The molecule has 0 aromatic rings. The normalized spacial score (nSPS) is 40.4. The monoisotopic (exact) mass is 824 g/mol. The van der Waals surface area contributed by atoms with Crippen LogP contribution in [0.25, 0.3) is 0 Å². The molecular formula is C42H70Br2N2O4. The highest BCUT2D eigenvalue weighted by Gasteiger charge is 2.43. The van der Waals surface area contributed by atoms with Crippen molar-refractivity contribution in [1.29, 1.82) is 0 Å². The number of nitrogens with zero attached hydrogens (tertiary/aromatic N) is 2. The fourth-order valence-corrected chi connectivity index (χ4v) is 13.1. The van der Waals surface area contributed by atoms with Crippen molar-refractivity contribution < 1.29 is 19.1 Å². The van der Waals surface area contributed by atoms with Crippen molar-refractivity contribution in [2.45, 2.75) is 214 Å². The SMILES string of the molecule is CCOC(=O)C1CCCC(N(C2CCC(Br)CC2)C2CCC(C3CCC(N(C4CCC(Br)CC4)C4CCCC(C(=O)OCC)C4)CC3)CC2)C1. The summed E-state index contributed by atoms with van der Waals surface area (Å²) in [6.45, 7) is 4.88. The van der Waals surface area contributed by atoms with Crippen LogP contribution in [0.1, 0.15) is 168 Å². The van der Waals surface area contributed by atoms with Crippen molar-refractivity contribution >= 4 is 43.8 Å². The molecule has 0 radical (unpaired) electrons. The first kappa shape index (κ1) is 39.5. The van der Waals surface area contributed by atoms with Gasteiger partial charge in [-0.25, -0.2) is 0 Å². The van der Waals surface area contributed by atoms with Crippen molar-refractivity contribution in [3.63, 3.8) is 0 Å². The van der Waals surface area contributed by atoms with Crippen LogP contribution in [0.2, 0.25) is 0 Å². The standard InChI is InChI=1S/C42H70Br2N2O4/c1-3-49-41(47)31-7-5-9-39(27-31)45(37-23-15-33(43)16-24-37)35-19-11-29(12-20-35)30-13-21-36(22-14-30)46(38-25-17-34(44)18-26-38)40-10-6-8-32(28-40)42(48)50-4-2/h29-40H,3-28H2,1-2H3. The molecule has 6 aliphatic rings. The third kappa shape index (κ3) is 10.1. The van der Waals surface area contributed by atoms with Gasteiger partial charge in [0.15, 0.2) is 0 Å². The van der Waals surface area contributed by atoms with Gasteiger partial charge in [-0.05, 0) is 167 Å². The first-order valence-electron chi connectivity index (χ1n) is 21.5. The molecule has 0 aliphatic heterocycles. The Bertz CT molecular complexity index is 964. The van der Waals surface area contributed by atoms with E-state index in [1.807, 2.05) is 13.8 Å². The summed E-state index contributed by atoms with van der Waals surface area (Å²) in [6.07, 6.45) is 30.1. The van der Waals surface area contributed by atoms with E-state index >= 15 is 0 Å². The highest BCUT2D eigenvalue weighted by atomic mass is 79.9. The van der Waals surface area contributed by atoms with Gasteiger partial charge in [0, 0.05) is 45.9 Å². The minimum atomic E-state index is 0.0531. The number of carbonyl (C=O) groups is 2. The van der Waals surface area contributed by atoms with Crippen molar-refractivity contribution in [2.24, 2.45) is 23.7 Å². The summed E-state index contributed by atoms with van der Waals surface area (Å²) >= 11 is 7.85. The number of esters is 2. The van der Waals surface area contributed by atoms with Crippen LogP contribution in [0.3, 0.4) is 0 Å². The second kappa shape index (κ2) is 19.4. The summed E-state index contributed by atoms with van der Waals surface area (Å²) < 4.78 is 11.1. The van der Waals surface area contributed by atoms with Crippen LogP contribution in [0.15, 0.2) is 0 Å². The van der Waals surface area contributed by atoms with Crippen LogP contribution in [-0.4, -0.2) is 80.9 Å². The van der Waals surface area contributed by atoms with E-state index in [1.165, 1.54) is 116 Å². The van der Waals surface area contributed by atoms with Crippen LogP contribution in [0.4, 0.5) is 0 Å². The lowest BCUT2D eigenvalue weighted by Gasteiger charge is -2.51. The third-order valence-electron chi connectivity index (χ3n) is 14.5. The number of halogens is 2. The van der Waals surface area contributed by atoms with Gasteiger partial charge >= 0.3 is 11.9 Å². The minimum absolute atomic E-state index is 0.0531. The quantitative estimate of drug-likeness (QED) is 0.153. The smallest absolute Gasteiger partial charge is 0.308 e. The average molecular weight is 827 g/mol. The highest BCUT2D eigenvalue weighted by molar-refractivity contribution is 9.09. The van der Waals surface area contributed by atoms with E-state index in [0.29, 0.717) is 59.1 Å². The molecule has 0 aromatic heterocycles. The van der Waals surface area contributed by atoms with Gasteiger partial charge in [0.05, 0.1) is 25.0 Å². The van der Waals surface area contributed by atoms with Crippen LogP contribution in [0.5, 0.6) is 0 Å². The Kier molecular flexibility index (Phi) is 15.3. The van der Waals surface area contributed by atoms with Gasteiger partial charge in [-0.15, -0.1) is 0 Å². The van der Waals surface area contributed by atoms with E-state index < -0.39 is 0 Å². The summed E-state index contributed by atoms with van der Waals surface area (Å²) in [5, 5.41) is 0. The number of hydrogen-bond donors (Lipinski definition) is 0. The fourth-order valence-electron chi connectivity index (χ4n) is 12.0. The molecule has 0 amide bonds. The topological polar surface area (TPSA) is 59.1 Å². The van der Waals surface area contributed by atoms with Crippen molar-refractivity contribution in [3.05, 3.63) is 0 Å². The zero-order valence-corrected chi connectivity index (χ0v) is 34.8. The van der Waals surface area contributed by atoms with Gasteiger partial charge in [0.25, 0.3) is 0 Å². The maximum Gasteiger partial charge on any atom is 0.308 e. The van der Waals surface area contributed by atoms with E-state index in [4.69, 9.17) is 9.47 Å². The largest absolute Gasteiger partial charge is 0.466 e. The van der Waals surface area contributed by atoms with Gasteiger partial charge in [0.2, 0.25) is 0 Å². The molecule has 4 unspecified atom stereocenters. The van der Waals surface area contributed by atoms with Gasteiger partial charge in [-0.3, -0.25) is 19.4 Å². The van der Waals surface area contributed by atoms with Crippen LogP contribution < -0.4 is 0 Å². The first-order chi connectivity index (χ1) is 24.3. The predicted molar refractivity (Wildman–Crippen MR) is 210 cm³/mol. The molecule has 0 aromatic carbocycles. The molecule has 0 saturated heterocycles. The zero-order valence-electron chi connectivity index (χ0n) is 31.6. The lowest BCUT2D eigenvalue weighted by atomic mass is 9.70. The van der Waals surface area contributed by atoms with E-state index in [0.717, 1.165) is 50.4 Å². The molecule has 4 atom stereocenters. The minimum Gasteiger partial charge on any atom is -0.466 e. The number of hydrogen-bond acceptors (Lipinski definition) is 6. The number of ether oxygens (including phenoxy) is 2. The molecule has 6 rings (SSSR count). The molecule has 6 saturated carbocycles. The maximum atomic E-state index is 12.8. The molecule has 8 heteroatoms. The molecule has 286 valence electrons. The predicted octanol–water partition coefficient (Wildman–Crippen LogP) is 10.4. The first-order valence-corrected chi connectivity index (χ1v) is 23.3. The Labute approximate surface area is 321 Å². The number of rotatable bonds is 11. The molecule has 0 N–H and O–H groups in total. The Morgan fingerprint density at radius 2 is 0.780 bits per heavy atom. The molecule has 6 nitrogen and oxygen atoms in total. The molecule has 0 spiro atoms. The van der Waals surface area contributed by atoms with Crippen molar-refractivity contribution in [2.75, 3.05) is 13.2 Å². The van der Waals surface area contributed by atoms with Gasteiger partial charge in [-0.2, -0.15) is 0 Å². The lowest BCUT2D eigenvalue weighted by Crippen LogP contribution is -2.54. The molecule has 0 bridgehead atoms. The van der Waals surface area contributed by atoms with Crippen LogP contribution in [-0.2, 0) is 19.1 Å². The summed E-state index contributed by atoms with van der Waals surface area (Å²) in [5.41, 5.74) is 0. The zero-order chi connectivity index (χ0) is 35.0. The molecule has 6 aliphatic carbocycles. The van der Waals surface area contributed by atoms with Crippen molar-refractivity contribution in [1.82, 2.24) is 9.80 Å². The Balaban J connectivity index is 1.06. The average Bonchev–Trinajstić information content (AvgIpc) is 3.14. The number of carbonyl (C=O) groups excluding carboxylic acids is 2. The molecule has 50 heavy (non-hydrogen) atoms. The van der Waals surface area contributed by atoms with E-state index in [-0.39, 0.29) is 23.8 Å². The Morgan fingerprint density at radius 3 is 1.10 bits per heavy atom.